The van der Waals surface area contributed by atoms with Crippen molar-refractivity contribution in [3.63, 3.8) is 0 Å². The highest BCUT2D eigenvalue weighted by Crippen LogP contribution is 2.47. The number of ketones is 1. The minimum atomic E-state index is -4.83. The van der Waals surface area contributed by atoms with Crippen LogP contribution >= 0.6 is 0 Å². The fraction of sp³-hybridized carbons (Fsp3) is 0.318. The maximum absolute atomic E-state index is 13.4. The first-order valence-corrected chi connectivity index (χ1v) is 9.22. The lowest BCUT2D eigenvalue weighted by molar-refractivity contribution is -0.391. The van der Waals surface area contributed by atoms with E-state index in [0.29, 0.717) is 13.0 Å². The molecule has 1 aliphatic heterocycles. The first-order valence-electron chi connectivity index (χ1n) is 9.22. The first kappa shape index (κ1) is 21.8. The molecule has 2 aromatic rings. The molecule has 160 valence electrons. The van der Waals surface area contributed by atoms with E-state index in [1.165, 1.54) is 6.07 Å². The zero-order valence-corrected chi connectivity index (χ0v) is 16.6. The number of nitrogens with zero attached hydrogens (tertiary/aromatic N) is 1. The predicted octanol–water partition coefficient (Wildman–Crippen LogP) is 5.38. The number of rotatable bonds is 7. The van der Waals surface area contributed by atoms with Crippen LogP contribution in [0, 0.1) is 0 Å². The number of Topliss-reactive ketones (excluding diaryl/α,β-unsaturated/α-hetero) is 1. The summed E-state index contributed by atoms with van der Waals surface area (Å²) in [5.74, 6) is -1.51. The second-order valence-corrected chi connectivity index (χ2v) is 7.32. The third-order valence-corrected chi connectivity index (χ3v) is 4.62. The summed E-state index contributed by atoms with van der Waals surface area (Å²) >= 11 is 0. The number of hydrogen-bond donors (Lipinski definition) is 0. The summed E-state index contributed by atoms with van der Waals surface area (Å²) in [6, 6.07) is 11.0. The molecule has 8 heteroatoms. The van der Waals surface area contributed by atoms with E-state index in [2.05, 4.69) is 16.1 Å². The van der Waals surface area contributed by atoms with Crippen LogP contribution in [-0.4, -0.2) is 37.0 Å². The normalized spacial score (nSPS) is 16.4. The van der Waals surface area contributed by atoms with Gasteiger partial charge in [-0.1, -0.05) is 30.8 Å². The Bertz CT molecular complexity index is 973. The van der Waals surface area contributed by atoms with E-state index in [9.17, 15) is 22.4 Å². The molecule has 0 saturated carbocycles. The molecule has 0 aromatic heterocycles. The van der Waals surface area contributed by atoms with Gasteiger partial charge in [-0.15, -0.1) is 0 Å². The number of benzene rings is 2. The largest absolute Gasteiger partial charge is 0.507 e. The van der Waals surface area contributed by atoms with E-state index < -0.39 is 23.7 Å². The summed E-state index contributed by atoms with van der Waals surface area (Å²) in [7, 11) is 3.90. The fourth-order valence-electron chi connectivity index (χ4n) is 3.13. The van der Waals surface area contributed by atoms with Gasteiger partial charge in [0.1, 0.15) is 0 Å². The van der Waals surface area contributed by atoms with Crippen molar-refractivity contribution in [3.8, 4) is 11.5 Å². The van der Waals surface area contributed by atoms with Gasteiger partial charge in [0.2, 0.25) is 0 Å². The van der Waals surface area contributed by atoms with Gasteiger partial charge in [-0.3, -0.25) is 4.79 Å². The van der Waals surface area contributed by atoms with Crippen LogP contribution < -0.4 is 9.47 Å². The van der Waals surface area contributed by atoms with Crippen LogP contribution in [0.4, 0.5) is 17.6 Å². The molecule has 0 fully saturated rings. The molecule has 0 aliphatic carbocycles. The average Bonchev–Trinajstić information content (AvgIpc) is 2.66. The Kier molecular flexibility index (Phi) is 5.90. The highest BCUT2D eigenvalue weighted by atomic mass is 19.3. The van der Waals surface area contributed by atoms with E-state index in [-0.39, 0.29) is 17.8 Å². The zero-order valence-electron chi connectivity index (χ0n) is 16.6. The minimum absolute atomic E-state index is 0.0627. The molecule has 0 amide bonds. The molecule has 0 spiro atoms. The Hall–Kier alpha value is -2.87. The van der Waals surface area contributed by atoms with Crippen molar-refractivity contribution in [2.24, 2.45) is 0 Å². The number of fused-ring (bicyclic) bond motifs is 1. The van der Waals surface area contributed by atoms with Gasteiger partial charge in [-0.25, -0.2) is 0 Å². The lowest BCUT2D eigenvalue weighted by atomic mass is 9.95. The third-order valence-electron chi connectivity index (χ3n) is 4.62. The molecular formula is C22H21F4NO3. The molecule has 0 saturated heterocycles. The van der Waals surface area contributed by atoms with Gasteiger partial charge in [0, 0.05) is 18.5 Å². The molecule has 0 radical (unpaired) electrons. The number of hydrogen-bond acceptors (Lipinski definition) is 4. The molecule has 1 heterocycles. The highest BCUT2D eigenvalue weighted by molar-refractivity contribution is 5.97. The molecular weight excluding hydrogens is 402 g/mol. The van der Waals surface area contributed by atoms with Crippen molar-refractivity contribution in [2.45, 2.75) is 31.6 Å². The van der Waals surface area contributed by atoms with Crippen molar-refractivity contribution < 1.29 is 31.8 Å². The maximum Gasteiger partial charge on any atom is 0.507 e. The number of carbonyl (C=O) groups excluding carboxylic acids is 1. The molecule has 30 heavy (non-hydrogen) atoms. The van der Waals surface area contributed by atoms with Crippen LogP contribution in [0.25, 0.3) is 5.57 Å². The number of ether oxygens (including phenoxy) is 2. The van der Waals surface area contributed by atoms with Crippen LogP contribution in [0.2, 0.25) is 0 Å². The second kappa shape index (κ2) is 8.10. The van der Waals surface area contributed by atoms with Crippen LogP contribution in [0.15, 0.2) is 49.0 Å². The summed E-state index contributed by atoms with van der Waals surface area (Å²) in [6.45, 7) is 4.78. The highest BCUT2D eigenvalue weighted by Gasteiger charge is 2.65. The Morgan fingerprint density at radius 2 is 1.60 bits per heavy atom. The summed E-state index contributed by atoms with van der Waals surface area (Å²) < 4.78 is 61.3. The Labute approximate surface area is 171 Å². The summed E-state index contributed by atoms with van der Waals surface area (Å²) in [4.78, 5) is 14.6. The monoisotopic (exact) mass is 423 g/mol. The minimum Gasteiger partial charge on any atom is -0.421 e. The van der Waals surface area contributed by atoms with E-state index in [4.69, 9.17) is 0 Å². The van der Waals surface area contributed by atoms with Crippen molar-refractivity contribution in [2.75, 3.05) is 14.1 Å². The van der Waals surface area contributed by atoms with E-state index in [1.54, 1.807) is 0 Å². The smallest absolute Gasteiger partial charge is 0.421 e. The number of carbonyl (C=O) groups is 1. The van der Waals surface area contributed by atoms with Crippen LogP contribution in [0.3, 0.4) is 0 Å². The predicted molar refractivity (Wildman–Crippen MR) is 104 cm³/mol. The van der Waals surface area contributed by atoms with Crippen LogP contribution in [-0.2, 0) is 6.54 Å². The third kappa shape index (κ3) is 4.48. The Morgan fingerprint density at radius 3 is 2.27 bits per heavy atom. The van der Waals surface area contributed by atoms with Gasteiger partial charge in [0.05, 0.1) is 0 Å². The van der Waals surface area contributed by atoms with E-state index in [0.717, 1.165) is 28.8 Å². The van der Waals surface area contributed by atoms with E-state index in [1.807, 2.05) is 43.3 Å². The van der Waals surface area contributed by atoms with Gasteiger partial charge in [0.25, 0.3) is 0 Å². The molecule has 0 atom stereocenters. The Morgan fingerprint density at radius 1 is 0.967 bits per heavy atom. The maximum atomic E-state index is 13.4. The molecule has 0 unspecified atom stereocenters. The SMILES string of the molecule is C=C(CCC(=O)c1ccc2c(c1)OC(F)(F)C(F)(F)O2)c1ccccc1CN(C)C. The molecule has 1 aliphatic rings. The molecule has 0 N–H and O–H groups in total. The quantitative estimate of drug-likeness (QED) is 0.443. The first-order chi connectivity index (χ1) is 14.0. The van der Waals surface area contributed by atoms with E-state index >= 15 is 0 Å². The van der Waals surface area contributed by atoms with Gasteiger partial charge in [0.15, 0.2) is 17.3 Å². The zero-order chi connectivity index (χ0) is 22.1. The summed E-state index contributed by atoms with van der Waals surface area (Å²) in [5.41, 5.74) is 2.85. The van der Waals surface area contributed by atoms with Crippen molar-refractivity contribution in [3.05, 3.63) is 65.7 Å². The fourth-order valence-corrected chi connectivity index (χ4v) is 3.13. The summed E-state index contributed by atoms with van der Waals surface area (Å²) in [6.07, 6.45) is -9.19. The molecule has 3 rings (SSSR count). The average molecular weight is 423 g/mol. The van der Waals surface area contributed by atoms with Gasteiger partial charge < -0.3 is 14.4 Å². The van der Waals surface area contributed by atoms with Crippen molar-refractivity contribution in [1.82, 2.24) is 4.90 Å². The molecule has 0 bridgehead atoms. The Balaban J connectivity index is 1.70. The van der Waals surface area contributed by atoms with Crippen molar-refractivity contribution >= 4 is 11.4 Å². The topological polar surface area (TPSA) is 38.8 Å². The summed E-state index contributed by atoms with van der Waals surface area (Å²) in [5, 5.41) is 0. The van der Waals surface area contributed by atoms with Crippen LogP contribution in [0.1, 0.15) is 34.3 Å². The number of halogens is 4. The number of allylic oxidation sites excluding steroid dienone is 1. The van der Waals surface area contributed by atoms with Crippen LogP contribution in [0.5, 0.6) is 11.5 Å². The van der Waals surface area contributed by atoms with Gasteiger partial charge in [-0.05, 0) is 55.4 Å². The van der Waals surface area contributed by atoms with Crippen molar-refractivity contribution in [1.29, 1.82) is 0 Å². The van der Waals surface area contributed by atoms with Gasteiger partial charge >= 0.3 is 12.2 Å². The molecule has 4 nitrogen and oxygen atoms in total. The molecule has 2 aromatic carbocycles. The van der Waals surface area contributed by atoms with Gasteiger partial charge in [-0.2, -0.15) is 17.6 Å². The lowest BCUT2D eigenvalue weighted by Gasteiger charge is -2.31. The lowest BCUT2D eigenvalue weighted by Crippen LogP contribution is -2.52. The second-order valence-electron chi connectivity index (χ2n) is 7.32. The standard InChI is InChI=1S/C22H21F4NO3/c1-14(17-7-5-4-6-16(17)13-27(2)3)8-10-18(28)15-9-11-19-20(12-15)30-22(25,26)21(23,24)29-19/h4-7,9,11-12H,1,8,10,13H2,2-3H3. The number of alkyl halides is 4.